The van der Waals surface area contributed by atoms with Crippen molar-refractivity contribution < 1.29 is 12.8 Å². The van der Waals surface area contributed by atoms with Gasteiger partial charge in [-0.15, -0.1) is 0 Å². The number of aryl methyl sites for hydroxylation is 2. The summed E-state index contributed by atoms with van der Waals surface area (Å²) in [5.74, 6) is -0.397. The Kier molecular flexibility index (Phi) is 3.68. The van der Waals surface area contributed by atoms with E-state index in [9.17, 15) is 12.8 Å². The molecule has 0 amide bonds. The monoisotopic (exact) mass is 305 g/mol. The second-order valence-electron chi connectivity index (χ2n) is 5.25. The van der Waals surface area contributed by atoms with Crippen LogP contribution in [0.15, 0.2) is 47.4 Å². The van der Waals surface area contributed by atoms with Crippen molar-refractivity contribution >= 4 is 15.7 Å². The lowest BCUT2D eigenvalue weighted by Gasteiger charge is -2.17. The number of sulfonamides is 1. The van der Waals surface area contributed by atoms with Gasteiger partial charge in [0.2, 0.25) is 0 Å². The van der Waals surface area contributed by atoms with E-state index in [0.717, 1.165) is 31.2 Å². The first-order valence-electron chi connectivity index (χ1n) is 6.95. The highest BCUT2D eigenvalue weighted by atomic mass is 32.2. The number of hydrogen-bond donors (Lipinski definition) is 1. The van der Waals surface area contributed by atoms with Gasteiger partial charge in [-0.25, -0.2) is 12.8 Å². The first-order chi connectivity index (χ1) is 10.0. The third-order valence-corrected chi connectivity index (χ3v) is 5.11. The van der Waals surface area contributed by atoms with Crippen LogP contribution in [0, 0.1) is 5.82 Å². The molecule has 0 spiro atoms. The summed E-state index contributed by atoms with van der Waals surface area (Å²) < 4.78 is 40.1. The third kappa shape index (κ3) is 3.08. The largest absolute Gasteiger partial charge is 0.280 e. The predicted octanol–water partition coefficient (Wildman–Crippen LogP) is 3.51. The summed E-state index contributed by atoms with van der Waals surface area (Å²) in [5, 5.41) is 0. The lowest BCUT2D eigenvalue weighted by atomic mass is 9.92. The van der Waals surface area contributed by atoms with E-state index < -0.39 is 15.8 Å². The van der Waals surface area contributed by atoms with E-state index in [1.165, 1.54) is 29.8 Å². The zero-order chi connectivity index (χ0) is 14.9. The van der Waals surface area contributed by atoms with Gasteiger partial charge >= 0.3 is 0 Å². The van der Waals surface area contributed by atoms with Crippen LogP contribution < -0.4 is 4.72 Å². The normalized spacial score (nSPS) is 14.5. The molecule has 0 aromatic heterocycles. The summed E-state index contributed by atoms with van der Waals surface area (Å²) in [6, 6.07) is 10.6. The number of rotatable bonds is 3. The summed E-state index contributed by atoms with van der Waals surface area (Å²) in [6.07, 6.45) is 4.20. The van der Waals surface area contributed by atoms with Gasteiger partial charge in [0.1, 0.15) is 5.82 Å². The number of hydrogen-bond acceptors (Lipinski definition) is 2. The van der Waals surface area contributed by atoms with E-state index in [2.05, 4.69) is 4.72 Å². The van der Waals surface area contributed by atoms with Crippen molar-refractivity contribution in [1.82, 2.24) is 0 Å². The molecule has 2 aromatic carbocycles. The molecule has 1 N–H and O–H groups in total. The Bertz CT molecular complexity index is 754. The van der Waals surface area contributed by atoms with E-state index >= 15 is 0 Å². The molecule has 0 bridgehead atoms. The second kappa shape index (κ2) is 5.48. The minimum absolute atomic E-state index is 0.257. The minimum atomic E-state index is -3.63. The maximum atomic E-state index is 12.9. The molecule has 0 aliphatic heterocycles. The average molecular weight is 305 g/mol. The maximum absolute atomic E-state index is 12.9. The topological polar surface area (TPSA) is 46.2 Å². The van der Waals surface area contributed by atoms with Crippen LogP contribution in [0.4, 0.5) is 10.1 Å². The first-order valence-corrected chi connectivity index (χ1v) is 8.43. The van der Waals surface area contributed by atoms with E-state index in [4.69, 9.17) is 0 Å². The van der Waals surface area contributed by atoms with Crippen molar-refractivity contribution in [2.45, 2.75) is 30.6 Å². The highest BCUT2D eigenvalue weighted by Gasteiger charge is 2.17. The molecular weight excluding hydrogens is 289 g/mol. The summed E-state index contributed by atoms with van der Waals surface area (Å²) in [6.45, 7) is 0. The Hall–Kier alpha value is -1.88. The van der Waals surface area contributed by atoms with Crippen molar-refractivity contribution in [3.8, 4) is 0 Å². The Morgan fingerprint density at radius 1 is 0.905 bits per heavy atom. The number of halogens is 1. The fourth-order valence-corrected chi connectivity index (χ4v) is 3.72. The van der Waals surface area contributed by atoms with Crippen molar-refractivity contribution in [3.05, 3.63) is 59.4 Å². The number of benzene rings is 2. The smallest absolute Gasteiger partial charge is 0.261 e. The lowest BCUT2D eigenvalue weighted by molar-refractivity contribution is 0.600. The molecule has 110 valence electrons. The molecule has 0 radical (unpaired) electrons. The number of nitrogens with one attached hydrogen (secondary N) is 1. The minimum Gasteiger partial charge on any atom is -0.280 e. The molecule has 1 aliphatic carbocycles. The molecule has 0 saturated carbocycles. The number of anilines is 1. The Morgan fingerprint density at radius 2 is 1.57 bits per heavy atom. The summed E-state index contributed by atoms with van der Waals surface area (Å²) in [5.41, 5.74) is 2.71. The quantitative estimate of drug-likeness (QED) is 0.943. The Balaban J connectivity index is 1.89. The highest BCUT2D eigenvalue weighted by Crippen LogP contribution is 2.25. The van der Waals surface area contributed by atoms with Gasteiger partial charge in [0.15, 0.2) is 0 Å². The standard InChI is InChI=1S/C16H16FNO2S/c17-14-6-8-15(9-7-14)18-21(19,20)16-10-5-12-3-1-2-4-13(12)11-16/h5-11,18H,1-4H2. The zero-order valence-electron chi connectivity index (χ0n) is 11.5. The van der Waals surface area contributed by atoms with E-state index in [-0.39, 0.29) is 4.90 Å². The molecule has 0 atom stereocenters. The van der Waals surface area contributed by atoms with E-state index in [1.54, 1.807) is 12.1 Å². The van der Waals surface area contributed by atoms with Crippen molar-refractivity contribution in [3.63, 3.8) is 0 Å². The van der Waals surface area contributed by atoms with Crippen molar-refractivity contribution in [2.75, 3.05) is 4.72 Å². The summed E-state index contributed by atoms with van der Waals surface area (Å²) in [4.78, 5) is 0.257. The predicted molar refractivity (Wildman–Crippen MR) is 80.3 cm³/mol. The van der Waals surface area contributed by atoms with Crippen LogP contribution in [0.3, 0.4) is 0 Å². The van der Waals surface area contributed by atoms with Crippen molar-refractivity contribution in [2.24, 2.45) is 0 Å². The van der Waals surface area contributed by atoms with Crippen molar-refractivity contribution in [1.29, 1.82) is 0 Å². The third-order valence-electron chi connectivity index (χ3n) is 3.73. The highest BCUT2D eigenvalue weighted by molar-refractivity contribution is 7.92. The van der Waals surface area contributed by atoms with Gasteiger partial charge in [-0.2, -0.15) is 0 Å². The molecule has 3 nitrogen and oxygen atoms in total. The fourth-order valence-electron chi connectivity index (χ4n) is 2.61. The Morgan fingerprint density at radius 3 is 2.29 bits per heavy atom. The molecule has 1 aliphatic rings. The van der Waals surface area contributed by atoms with Gasteiger partial charge in [-0.05, 0) is 73.2 Å². The van der Waals surface area contributed by atoms with E-state index in [0.29, 0.717) is 5.69 Å². The van der Waals surface area contributed by atoms with Crippen LogP contribution in [0.25, 0.3) is 0 Å². The zero-order valence-corrected chi connectivity index (χ0v) is 12.3. The molecule has 5 heteroatoms. The Labute approximate surface area is 123 Å². The van der Waals surface area contributed by atoms with Crippen LogP contribution in [0.1, 0.15) is 24.0 Å². The summed E-state index contributed by atoms with van der Waals surface area (Å²) >= 11 is 0. The summed E-state index contributed by atoms with van der Waals surface area (Å²) in [7, 11) is -3.63. The molecular formula is C16H16FNO2S. The van der Waals surface area contributed by atoms with Gasteiger partial charge < -0.3 is 0 Å². The van der Waals surface area contributed by atoms with Crippen LogP contribution >= 0.6 is 0 Å². The second-order valence-corrected chi connectivity index (χ2v) is 6.93. The van der Waals surface area contributed by atoms with Gasteiger partial charge in [-0.1, -0.05) is 6.07 Å². The molecule has 0 heterocycles. The van der Waals surface area contributed by atoms with Gasteiger partial charge in [-0.3, -0.25) is 4.72 Å². The van der Waals surface area contributed by atoms with E-state index in [1.807, 2.05) is 6.07 Å². The number of fused-ring (bicyclic) bond motifs is 1. The molecule has 0 fully saturated rings. The molecule has 3 rings (SSSR count). The van der Waals surface area contributed by atoms with Crippen LogP contribution in [-0.2, 0) is 22.9 Å². The molecule has 2 aromatic rings. The van der Waals surface area contributed by atoms with Gasteiger partial charge in [0.25, 0.3) is 10.0 Å². The SMILES string of the molecule is O=S(=O)(Nc1ccc(F)cc1)c1ccc2c(c1)CCCC2. The van der Waals surface area contributed by atoms with Crippen LogP contribution in [-0.4, -0.2) is 8.42 Å². The maximum Gasteiger partial charge on any atom is 0.261 e. The molecule has 0 unspecified atom stereocenters. The molecule has 21 heavy (non-hydrogen) atoms. The van der Waals surface area contributed by atoms with Crippen LogP contribution in [0.2, 0.25) is 0 Å². The van der Waals surface area contributed by atoms with Gasteiger partial charge in [0, 0.05) is 5.69 Å². The molecule has 0 saturated heterocycles. The average Bonchev–Trinajstić information content (AvgIpc) is 2.49. The van der Waals surface area contributed by atoms with Gasteiger partial charge in [0.05, 0.1) is 4.90 Å². The van der Waals surface area contributed by atoms with Crippen LogP contribution in [0.5, 0.6) is 0 Å². The first kappa shape index (κ1) is 14.1. The lowest BCUT2D eigenvalue weighted by Crippen LogP contribution is -2.14. The fraction of sp³-hybridized carbons (Fsp3) is 0.250.